The number of sulfone groups is 1. The van der Waals surface area contributed by atoms with Gasteiger partial charge in [-0.3, -0.25) is 4.79 Å². The molecule has 0 bridgehead atoms. The predicted octanol–water partition coefficient (Wildman–Crippen LogP) is 2.88. The van der Waals surface area contributed by atoms with Crippen LogP contribution >= 0.6 is 11.3 Å². The molecule has 1 N–H and O–H groups in total. The molecule has 1 amide bonds. The molecule has 1 aromatic heterocycles. The number of hydrogen-bond donors (Lipinski definition) is 1. The number of nitrogens with zero attached hydrogens (tertiary/aromatic N) is 1. The van der Waals surface area contributed by atoms with Crippen LogP contribution in [-0.4, -0.2) is 39.2 Å². The maximum absolute atomic E-state index is 13.2. The Morgan fingerprint density at radius 2 is 2.07 bits per heavy atom. The van der Waals surface area contributed by atoms with Gasteiger partial charge in [0.25, 0.3) is 0 Å². The number of carbonyl (C=O) groups is 1. The van der Waals surface area contributed by atoms with Crippen LogP contribution in [0.3, 0.4) is 0 Å². The number of rotatable bonds is 3. The van der Waals surface area contributed by atoms with Gasteiger partial charge in [-0.1, -0.05) is 0 Å². The second-order valence-corrected chi connectivity index (χ2v) is 10.7. The van der Waals surface area contributed by atoms with Gasteiger partial charge in [-0.25, -0.2) is 8.42 Å². The summed E-state index contributed by atoms with van der Waals surface area (Å²) in [6.07, 6.45) is 1.74. The molecule has 2 unspecified atom stereocenters. The maximum Gasteiger partial charge on any atom is 0.227 e. The molecule has 2 atom stereocenters. The minimum atomic E-state index is -3.69. The lowest BCUT2D eigenvalue weighted by Gasteiger charge is -2.35. The van der Waals surface area contributed by atoms with Gasteiger partial charge in [0.1, 0.15) is 4.21 Å². The second kappa shape index (κ2) is 6.95. The molecule has 8 heteroatoms. The third-order valence-electron chi connectivity index (χ3n) is 5.63. The average Bonchev–Trinajstić information content (AvgIpc) is 3.16. The number of benzene rings is 1. The van der Waals surface area contributed by atoms with E-state index in [1.165, 1.54) is 0 Å². The van der Waals surface area contributed by atoms with E-state index in [9.17, 15) is 18.3 Å². The van der Waals surface area contributed by atoms with Crippen molar-refractivity contribution in [2.75, 3.05) is 18.6 Å². The van der Waals surface area contributed by atoms with Crippen molar-refractivity contribution in [3.63, 3.8) is 0 Å². The van der Waals surface area contributed by atoms with Crippen LogP contribution in [0, 0.1) is 0 Å². The number of thiophene rings is 1. The molecule has 6 nitrogen and oxygen atoms in total. The molecule has 1 fully saturated rings. The number of ether oxygens (including phenoxy) is 1. The van der Waals surface area contributed by atoms with E-state index in [-0.39, 0.29) is 21.1 Å². The first-order valence-corrected chi connectivity index (χ1v) is 11.6. The van der Waals surface area contributed by atoms with Crippen molar-refractivity contribution < 1.29 is 23.1 Å². The van der Waals surface area contributed by atoms with Gasteiger partial charge in [-0.15, -0.1) is 11.3 Å². The lowest BCUT2D eigenvalue weighted by molar-refractivity contribution is -0.118. The topological polar surface area (TPSA) is 83.9 Å². The number of amides is 1. The standard InChI is InChI=1S/C20H23NO5S2/c1-13-11-20(23,7-8-26-13)15-10-19(27-12-15)28(24,25)16-4-5-17-14(9-16)3-6-18(22)21(17)2/h4-5,9-10,12-13,23H,3,6-8,11H2,1-2H3. The van der Waals surface area contributed by atoms with E-state index in [2.05, 4.69) is 0 Å². The van der Waals surface area contributed by atoms with E-state index in [0.717, 1.165) is 22.6 Å². The summed E-state index contributed by atoms with van der Waals surface area (Å²) >= 11 is 1.13. The van der Waals surface area contributed by atoms with Crippen molar-refractivity contribution in [3.05, 3.63) is 40.8 Å². The summed E-state index contributed by atoms with van der Waals surface area (Å²) in [5.74, 6) is 0.0324. The molecule has 28 heavy (non-hydrogen) atoms. The number of aliphatic hydroxyl groups is 1. The quantitative estimate of drug-likeness (QED) is 0.824. The Morgan fingerprint density at radius 3 is 2.82 bits per heavy atom. The highest BCUT2D eigenvalue weighted by atomic mass is 32.2. The fourth-order valence-corrected chi connectivity index (χ4v) is 6.67. The molecule has 0 radical (unpaired) electrons. The Labute approximate surface area is 168 Å². The fraction of sp³-hybridized carbons (Fsp3) is 0.450. The number of anilines is 1. The first-order chi connectivity index (χ1) is 13.2. The highest BCUT2D eigenvalue weighted by Crippen LogP contribution is 2.39. The van der Waals surface area contributed by atoms with Crippen LogP contribution in [0.2, 0.25) is 0 Å². The van der Waals surface area contributed by atoms with Crippen LogP contribution in [0.1, 0.15) is 37.3 Å². The van der Waals surface area contributed by atoms with Crippen molar-refractivity contribution in [3.8, 4) is 0 Å². The number of aryl methyl sites for hydroxylation is 1. The van der Waals surface area contributed by atoms with Gasteiger partial charge >= 0.3 is 0 Å². The molecular weight excluding hydrogens is 398 g/mol. The van der Waals surface area contributed by atoms with Gasteiger partial charge in [-0.05, 0) is 54.1 Å². The van der Waals surface area contributed by atoms with Crippen LogP contribution in [-0.2, 0) is 31.4 Å². The summed E-state index contributed by atoms with van der Waals surface area (Å²) in [6.45, 7) is 2.36. The lowest BCUT2D eigenvalue weighted by Crippen LogP contribution is -2.37. The maximum atomic E-state index is 13.2. The second-order valence-electron chi connectivity index (χ2n) is 7.57. The Balaban J connectivity index is 1.67. The third-order valence-corrected chi connectivity index (χ3v) is 8.82. The van der Waals surface area contributed by atoms with Gasteiger partial charge < -0.3 is 14.7 Å². The Morgan fingerprint density at radius 1 is 1.29 bits per heavy atom. The smallest absolute Gasteiger partial charge is 0.227 e. The summed E-state index contributed by atoms with van der Waals surface area (Å²) in [6, 6.07) is 6.50. The van der Waals surface area contributed by atoms with E-state index < -0.39 is 15.4 Å². The molecular formula is C20H23NO5S2. The summed E-state index contributed by atoms with van der Waals surface area (Å²) in [5.41, 5.74) is 1.19. The zero-order valence-corrected chi connectivity index (χ0v) is 17.5. The van der Waals surface area contributed by atoms with Gasteiger partial charge in [0.2, 0.25) is 15.7 Å². The highest BCUT2D eigenvalue weighted by Gasteiger charge is 2.37. The monoisotopic (exact) mass is 421 g/mol. The minimum Gasteiger partial charge on any atom is -0.385 e. The minimum absolute atomic E-state index is 0.0324. The molecule has 0 aliphatic carbocycles. The molecule has 2 aliphatic rings. The van der Waals surface area contributed by atoms with E-state index >= 15 is 0 Å². The van der Waals surface area contributed by atoms with Crippen molar-refractivity contribution >= 4 is 32.8 Å². The van der Waals surface area contributed by atoms with Crippen LogP contribution < -0.4 is 4.90 Å². The summed E-state index contributed by atoms with van der Waals surface area (Å²) < 4.78 is 32.0. The normalized spacial score (nSPS) is 25.6. The van der Waals surface area contributed by atoms with Gasteiger partial charge in [0, 0.05) is 32.0 Å². The number of hydrogen-bond acceptors (Lipinski definition) is 6. The Bertz CT molecular complexity index is 1030. The molecule has 2 aromatic rings. The molecule has 4 rings (SSSR count). The largest absolute Gasteiger partial charge is 0.385 e. The molecule has 1 saturated heterocycles. The van der Waals surface area contributed by atoms with E-state index in [1.807, 2.05) is 6.92 Å². The molecule has 0 saturated carbocycles. The summed E-state index contributed by atoms with van der Waals surface area (Å²) in [4.78, 5) is 13.6. The molecule has 3 heterocycles. The predicted molar refractivity (Wildman–Crippen MR) is 106 cm³/mol. The molecule has 2 aliphatic heterocycles. The Kier molecular flexibility index (Phi) is 4.86. The van der Waals surface area contributed by atoms with Gasteiger partial charge in [0.05, 0.1) is 23.2 Å². The van der Waals surface area contributed by atoms with E-state index in [0.29, 0.717) is 37.9 Å². The summed E-state index contributed by atoms with van der Waals surface area (Å²) in [7, 11) is -1.98. The van der Waals surface area contributed by atoms with Crippen molar-refractivity contribution in [1.29, 1.82) is 0 Å². The van der Waals surface area contributed by atoms with Crippen molar-refractivity contribution in [1.82, 2.24) is 0 Å². The van der Waals surface area contributed by atoms with Crippen LogP contribution in [0.15, 0.2) is 38.8 Å². The van der Waals surface area contributed by atoms with E-state index in [1.54, 1.807) is 41.6 Å². The molecule has 150 valence electrons. The zero-order valence-electron chi connectivity index (χ0n) is 15.8. The first-order valence-electron chi connectivity index (χ1n) is 9.28. The number of fused-ring (bicyclic) bond motifs is 1. The van der Waals surface area contributed by atoms with Crippen LogP contribution in [0.5, 0.6) is 0 Å². The fourth-order valence-electron chi connectivity index (χ4n) is 3.95. The van der Waals surface area contributed by atoms with E-state index in [4.69, 9.17) is 4.74 Å². The highest BCUT2D eigenvalue weighted by molar-refractivity contribution is 7.93. The summed E-state index contributed by atoms with van der Waals surface area (Å²) in [5, 5.41) is 12.7. The van der Waals surface area contributed by atoms with Gasteiger partial charge in [0.15, 0.2) is 0 Å². The number of carbonyl (C=O) groups excluding carboxylic acids is 1. The van der Waals surface area contributed by atoms with Crippen LogP contribution in [0.25, 0.3) is 0 Å². The average molecular weight is 422 g/mol. The van der Waals surface area contributed by atoms with Gasteiger partial charge in [-0.2, -0.15) is 0 Å². The molecule has 0 spiro atoms. The van der Waals surface area contributed by atoms with Crippen molar-refractivity contribution in [2.24, 2.45) is 0 Å². The molecule has 1 aromatic carbocycles. The third kappa shape index (κ3) is 3.28. The lowest BCUT2D eigenvalue weighted by atomic mass is 9.86. The Hall–Kier alpha value is -1.74. The zero-order chi connectivity index (χ0) is 20.1. The van der Waals surface area contributed by atoms with Crippen LogP contribution in [0.4, 0.5) is 5.69 Å². The SMILES string of the molecule is CC1CC(O)(c2csc(S(=O)(=O)c3ccc4c(c3)CCC(=O)N4C)c2)CCO1. The van der Waals surface area contributed by atoms with Crippen molar-refractivity contribution in [2.45, 2.75) is 53.4 Å². The first kappa shape index (κ1) is 19.6.